The molecule has 5 rings (SSSR count). The van der Waals surface area contributed by atoms with Crippen LogP contribution < -0.4 is 9.64 Å². The van der Waals surface area contributed by atoms with Gasteiger partial charge in [0.1, 0.15) is 5.75 Å². The molecule has 3 heterocycles. The summed E-state index contributed by atoms with van der Waals surface area (Å²) in [5.41, 5.74) is 1.44. The topological polar surface area (TPSA) is 80.4 Å². The lowest BCUT2D eigenvalue weighted by Crippen LogP contribution is -2.51. The normalized spacial score (nSPS) is 18.3. The second kappa shape index (κ2) is 9.01. The first-order valence-corrected chi connectivity index (χ1v) is 11.1. The fraction of sp³-hybridized carbons (Fsp3) is 0.478. The van der Waals surface area contributed by atoms with Gasteiger partial charge in [-0.25, -0.2) is 0 Å². The highest BCUT2D eigenvalue weighted by Crippen LogP contribution is 2.26. The third kappa shape index (κ3) is 4.39. The van der Waals surface area contributed by atoms with E-state index in [0.29, 0.717) is 17.4 Å². The van der Waals surface area contributed by atoms with Crippen molar-refractivity contribution in [3.63, 3.8) is 0 Å². The molecule has 2 fully saturated rings. The van der Waals surface area contributed by atoms with Crippen LogP contribution in [-0.2, 0) is 0 Å². The van der Waals surface area contributed by atoms with Crippen molar-refractivity contribution in [3.05, 3.63) is 36.4 Å². The zero-order chi connectivity index (χ0) is 21.0. The maximum atomic E-state index is 5.41. The average molecular weight is 421 g/mol. The molecule has 0 N–H and O–H groups in total. The van der Waals surface area contributed by atoms with E-state index in [4.69, 9.17) is 9.26 Å². The van der Waals surface area contributed by atoms with E-state index in [1.54, 1.807) is 7.11 Å². The Bertz CT molecular complexity index is 974. The Labute approximate surface area is 182 Å². The standard InChI is InChI=1S/C23H28N6O2/c1-30-19-9-7-17(8-10-19)22-24-23(31-27-22)20-11-12-21(26-25-20)29-15-13-28(14-16-29)18-5-3-2-4-6-18/h7-12,18H,2-6,13-16H2,1H3. The Hall–Kier alpha value is -3.00. The van der Waals surface area contributed by atoms with Gasteiger partial charge in [-0.1, -0.05) is 24.4 Å². The van der Waals surface area contributed by atoms with Crippen LogP contribution in [0.15, 0.2) is 40.9 Å². The van der Waals surface area contributed by atoms with Gasteiger partial charge in [-0.2, -0.15) is 4.98 Å². The first-order valence-electron chi connectivity index (χ1n) is 11.1. The van der Waals surface area contributed by atoms with Crippen LogP contribution in [0.25, 0.3) is 23.0 Å². The number of methoxy groups -OCH3 is 1. The number of piperazine rings is 1. The molecule has 0 bridgehead atoms. The highest BCUT2D eigenvalue weighted by Gasteiger charge is 2.25. The molecule has 1 aliphatic heterocycles. The summed E-state index contributed by atoms with van der Waals surface area (Å²) in [5.74, 6) is 2.57. The van der Waals surface area contributed by atoms with Crippen LogP contribution in [0.2, 0.25) is 0 Å². The molecule has 0 amide bonds. The molecule has 162 valence electrons. The van der Waals surface area contributed by atoms with Crippen molar-refractivity contribution in [1.82, 2.24) is 25.2 Å². The zero-order valence-electron chi connectivity index (χ0n) is 17.9. The number of rotatable bonds is 5. The molecule has 2 aromatic heterocycles. The van der Waals surface area contributed by atoms with Crippen LogP contribution in [0, 0.1) is 0 Å². The molecule has 31 heavy (non-hydrogen) atoms. The molecule has 0 unspecified atom stereocenters. The molecule has 2 aliphatic rings. The lowest BCUT2D eigenvalue weighted by Gasteiger charge is -2.41. The number of benzene rings is 1. The molecule has 0 radical (unpaired) electrons. The maximum Gasteiger partial charge on any atom is 0.278 e. The van der Waals surface area contributed by atoms with E-state index in [9.17, 15) is 0 Å². The van der Waals surface area contributed by atoms with E-state index in [-0.39, 0.29) is 0 Å². The minimum Gasteiger partial charge on any atom is -0.497 e. The predicted molar refractivity (Wildman–Crippen MR) is 118 cm³/mol. The van der Waals surface area contributed by atoms with Crippen LogP contribution in [-0.4, -0.2) is 64.6 Å². The van der Waals surface area contributed by atoms with Crippen molar-refractivity contribution in [1.29, 1.82) is 0 Å². The van der Waals surface area contributed by atoms with Crippen molar-refractivity contribution in [3.8, 4) is 28.7 Å². The predicted octanol–water partition coefficient (Wildman–Crippen LogP) is 3.66. The number of ether oxygens (including phenoxy) is 1. The number of hydrogen-bond donors (Lipinski definition) is 0. The van der Waals surface area contributed by atoms with Gasteiger partial charge in [-0.05, 0) is 49.2 Å². The van der Waals surface area contributed by atoms with Crippen molar-refractivity contribution in [2.75, 3.05) is 38.2 Å². The van der Waals surface area contributed by atoms with Crippen LogP contribution in [0.1, 0.15) is 32.1 Å². The summed E-state index contributed by atoms with van der Waals surface area (Å²) >= 11 is 0. The van der Waals surface area contributed by atoms with Gasteiger partial charge in [-0.15, -0.1) is 10.2 Å². The van der Waals surface area contributed by atoms with Crippen molar-refractivity contribution in [2.45, 2.75) is 38.1 Å². The van der Waals surface area contributed by atoms with E-state index in [0.717, 1.165) is 49.4 Å². The van der Waals surface area contributed by atoms with Gasteiger partial charge < -0.3 is 14.2 Å². The van der Waals surface area contributed by atoms with Crippen LogP contribution in [0.3, 0.4) is 0 Å². The van der Waals surface area contributed by atoms with Gasteiger partial charge in [0.25, 0.3) is 5.89 Å². The van der Waals surface area contributed by atoms with E-state index < -0.39 is 0 Å². The largest absolute Gasteiger partial charge is 0.497 e. The summed E-state index contributed by atoms with van der Waals surface area (Å²) in [6.07, 6.45) is 6.88. The van der Waals surface area contributed by atoms with Crippen LogP contribution in [0.4, 0.5) is 5.82 Å². The Morgan fingerprint density at radius 1 is 0.903 bits per heavy atom. The lowest BCUT2D eigenvalue weighted by atomic mass is 9.94. The minimum atomic E-state index is 0.368. The third-order valence-corrected chi connectivity index (χ3v) is 6.37. The fourth-order valence-electron chi connectivity index (χ4n) is 4.56. The van der Waals surface area contributed by atoms with E-state index in [2.05, 4.69) is 30.1 Å². The molecule has 0 spiro atoms. The third-order valence-electron chi connectivity index (χ3n) is 6.37. The summed E-state index contributed by atoms with van der Waals surface area (Å²) in [6.45, 7) is 4.19. The number of nitrogens with zero attached hydrogens (tertiary/aromatic N) is 6. The average Bonchev–Trinajstić information content (AvgIpc) is 3.35. The molecular weight excluding hydrogens is 392 g/mol. The summed E-state index contributed by atoms with van der Waals surface area (Å²) in [6, 6.07) is 12.2. The highest BCUT2D eigenvalue weighted by molar-refractivity contribution is 5.59. The van der Waals surface area contributed by atoms with E-state index >= 15 is 0 Å². The van der Waals surface area contributed by atoms with Crippen molar-refractivity contribution >= 4 is 5.82 Å². The molecule has 0 atom stereocenters. The smallest absolute Gasteiger partial charge is 0.278 e. The van der Waals surface area contributed by atoms with Gasteiger partial charge in [0, 0.05) is 37.8 Å². The second-order valence-electron chi connectivity index (χ2n) is 8.24. The monoisotopic (exact) mass is 420 g/mol. The summed E-state index contributed by atoms with van der Waals surface area (Å²) in [7, 11) is 1.64. The van der Waals surface area contributed by atoms with Gasteiger partial charge in [0.2, 0.25) is 5.82 Å². The molecule has 8 heteroatoms. The van der Waals surface area contributed by atoms with E-state index in [1.807, 2.05) is 36.4 Å². The summed E-state index contributed by atoms with van der Waals surface area (Å²) in [4.78, 5) is 9.44. The zero-order valence-corrected chi connectivity index (χ0v) is 17.9. The Morgan fingerprint density at radius 3 is 2.35 bits per heavy atom. The van der Waals surface area contributed by atoms with Crippen LogP contribution in [0.5, 0.6) is 5.75 Å². The van der Waals surface area contributed by atoms with Crippen molar-refractivity contribution in [2.24, 2.45) is 0 Å². The number of anilines is 1. The first-order chi connectivity index (χ1) is 15.3. The first kappa shape index (κ1) is 19.9. The minimum absolute atomic E-state index is 0.368. The van der Waals surface area contributed by atoms with Gasteiger partial charge in [0.05, 0.1) is 7.11 Å². The summed E-state index contributed by atoms with van der Waals surface area (Å²) < 4.78 is 10.6. The van der Waals surface area contributed by atoms with E-state index in [1.165, 1.54) is 32.1 Å². The Kier molecular flexibility index (Phi) is 5.80. The van der Waals surface area contributed by atoms with Gasteiger partial charge in [-0.3, -0.25) is 4.90 Å². The number of aromatic nitrogens is 4. The maximum absolute atomic E-state index is 5.41. The van der Waals surface area contributed by atoms with Crippen molar-refractivity contribution < 1.29 is 9.26 Å². The highest BCUT2D eigenvalue weighted by atomic mass is 16.5. The molecule has 1 aliphatic carbocycles. The Morgan fingerprint density at radius 2 is 1.68 bits per heavy atom. The second-order valence-corrected chi connectivity index (χ2v) is 8.24. The van der Waals surface area contributed by atoms with Gasteiger partial charge >= 0.3 is 0 Å². The summed E-state index contributed by atoms with van der Waals surface area (Å²) in [5, 5.41) is 12.9. The molecule has 1 aromatic carbocycles. The molecule has 1 saturated carbocycles. The van der Waals surface area contributed by atoms with Gasteiger partial charge in [0.15, 0.2) is 11.5 Å². The SMILES string of the molecule is COc1ccc(-c2noc(-c3ccc(N4CCN(C5CCCCC5)CC4)nn3)n2)cc1. The fourth-order valence-corrected chi connectivity index (χ4v) is 4.56. The number of hydrogen-bond acceptors (Lipinski definition) is 8. The molecule has 8 nitrogen and oxygen atoms in total. The molecular formula is C23H28N6O2. The quantitative estimate of drug-likeness (QED) is 0.619. The lowest BCUT2D eigenvalue weighted by molar-refractivity contribution is 0.147. The molecule has 1 saturated heterocycles. The Balaban J connectivity index is 1.22. The van der Waals surface area contributed by atoms with Crippen LogP contribution >= 0.6 is 0 Å². The molecule has 3 aromatic rings.